The average molecular weight is 309 g/mol. The Balaban J connectivity index is 2.42. The molecule has 3 nitrogen and oxygen atoms in total. The second kappa shape index (κ2) is 7.47. The summed E-state index contributed by atoms with van der Waals surface area (Å²) in [5.74, 6) is -0.728. The maximum absolute atomic E-state index is 12.1. The van der Waals surface area contributed by atoms with Crippen LogP contribution in [0, 0.1) is 5.41 Å². The van der Waals surface area contributed by atoms with Crippen molar-refractivity contribution in [3.05, 3.63) is 0 Å². The molecule has 1 saturated heterocycles. The third-order valence-electron chi connectivity index (χ3n) is 4.64. The van der Waals surface area contributed by atoms with Crippen molar-refractivity contribution in [2.75, 3.05) is 13.1 Å². The standard InChI is InChI=1S/C15H26F3NO2/c1-3-6-14(13(20)21)8-10-19(11-9-14)12(2)5-4-7-15(16,17)18/h12H,3-11H2,1-2H3,(H,20,21). The van der Waals surface area contributed by atoms with Gasteiger partial charge in [0.05, 0.1) is 5.41 Å². The number of hydrogen-bond acceptors (Lipinski definition) is 2. The Labute approximate surface area is 124 Å². The number of alkyl halides is 3. The smallest absolute Gasteiger partial charge is 0.389 e. The summed E-state index contributed by atoms with van der Waals surface area (Å²) < 4.78 is 36.4. The Bertz CT molecular complexity index is 336. The van der Waals surface area contributed by atoms with Crippen LogP contribution in [-0.2, 0) is 4.79 Å². The zero-order chi connectivity index (χ0) is 16.1. The molecule has 6 heteroatoms. The van der Waals surface area contributed by atoms with Gasteiger partial charge in [-0.05, 0) is 52.1 Å². The number of nitrogens with zero attached hydrogens (tertiary/aromatic N) is 1. The highest BCUT2D eigenvalue weighted by molar-refractivity contribution is 5.74. The third kappa shape index (κ3) is 5.49. The number of halogens is 3. The van der Waals surface area contributed by atoms with E-state index in [1.54, 1.807) is 0 Å². The summed E-state index contributed by atoms with van der Waals surface area (Å²) >= 11 is 0. The Morgan fingerprint density at radius 2 is 1.90 bits per heavy atom. The number of likely N-dealkylation sites (tertiary alicyclic amines) is 1. The van der Waals surface area contributed by atoms with Gasteiger partial charge in [0.15, 0.2) is 0 Å². The quantitative estimate of drug-likeness (QED) is 0.770. The first kappa shape index (κ1) is 18.3. The predicted octanol–water partition coefficient (Wildman–Crippen LogP) is 4.07. The minimum absolute atomic E-state index is 0.0840. The molecular weight excluding hydrogens is 283 g/mol. The van der Waals surface area contributed by atoms with E-state index < -0.39 is 24.0 Å². The van der Waals surface area contributed by atoms with Crippen LogP contribution in [0.3, 0.4) is 0 Å². The minimum Gasteiger partial charge on any atom is -0.481 e. The van der Waals surface area contributed by atoms with Crippen molar-refractivity contribution in [3.63, 3.8) is 0 Å². The van der Waals surface area contributed by atoms with Gasteiger partial charge in [0, 0.05) is 12.5 Å². The van der Waals surface area contributed by atoms with Gasteiger partial charge >= 0.3 is 12.1 Å². The summed E-state index contributed by atoms with van der Waals surface area (Å²) in [6, 6.07) is 0.0840. The largest absolute Gasteiger partial charge is 0.481 e. The molecule has 0 aromatic heterocycles. The Morgan fingerprint density at radius 1 is 1.33 bits per heavy atom. The molecule has 0 aromatic rings. The maximum atomic E-state index is 12.1. The fourth-order valence-electron chi connectivity index (χ4n) is 3.22. The molecule has 0 saturated carbocycles. The number of aliphatic carboxylic acids is 1. The molecule has 0 amide bonds. The first-order chi connectivity index (χ1) is 9.70. The molecule has 0 aliphatic carbocycles. The Hall–Kier alpha value is -0.780. The number of carboxylic acids is 1. The first-order valence-electron chi connectivity index (χ1n) is 7.74. The summed E-state index contributed by atoms with van der Waals surface area (Å²) in [4.78, 5) is 13.6. The lowest BCUT2D eigenvalue weighted by molar-refractivity contribution is -0.153. The molecule has 0 bridgehead atoms. The molecule has 21 heavy (non-hydrogen) atoms. The van der Waals surface area contributed by atoms with Crippen molar-refractivity contribution in [2.24, 2.45) is 5.41 Å². The zero-order valence-electron chi connectivity index (χ0n) is 12.9. The Morgan fingerprint density at radius 3 is 2.33 bits per heavy atom. The molecule has 0 aromatic carbocycles. The molecule has 0 spiro atoms. The maximum Gasteiger partial charge on any atom is 0.389 e. The molecule has 1 atom stereocenters. The van der Waals surface area contributed by atoms with Gasteiger partial charge in [-0.25, -0.2) is 0 Å². The zero-order valence-corrected chi connectivity index (χ0v) is 12.9. The SMILES string of the molecule is CCCC1(C(=O)O)CCN(C(C)CCCC(F)(F)F)CC1. The first-order valence-corrected chi connectivity index (χ1v) is 7.74. The summed E-state index contributed by atoms with van der Waals surface area (Å²) in [5.41, 5.74) is -0.628. The predicted molar refractivity (Wildman–Crippen MR) is 75.2 cm³/mol. The van der Waals surface area contributed by atoms with E-state index in [9.17, 15) is 23.1 Å². The van der Waals surface area contributed by atoms with E-state index in [-0.39, 0.29) is 12.5 Å². The number of hydrogen-bond donors (Lipinski definition) is 1. The van der Waals surface area contributed by atoms with Gasteiger partial charge in [-0.3, -0.25) is 4.79 Å². The summed E-state index contributed by atoms with van der Waals surface area (Å²) in [6.45, 7) is 5.25. The van der Waals surface area contributed by atoms with Gasteiger partial charge in [0.1, 0.15) is 0 Å². The highest BCUT2D eigenvalue weighted by Gasteiger charge is 2.41. The van der Waals surface area contributed by atoms with Crippen LogP contribution in [0.1, 0.15) is 58.8 Å². The van der Waals surface area contributed by atoms with Crippen molar-refractivity contribution >= 4 is 5.97 Å². The van der Waals surface area contributed by atoms with Crippen LogP contribution < -0.4 is 0 Å². The molecule has 124 valence electrons. The van der Waals surface area contributed by atoms with Crippen molar-refractivity contribution in [3.8, 4) is 0 Å². The molecule has 1 fully saturated rings. The third-order valence-corrected chi connectivity index (χ3v) is 4.64. The fraction of sp³-hybridized carbons (Fsp3) is 0.933. The highest BCUT2D eigenvalue weighted by Crippen LogP contribution is 2.37. The van der Waals surface area contributed by atoms with Crippen molar-refractivity contribution < 1.29 is 23.1 Å². The van der Waals surface area contributed by atoms with E-state index in [2.05, 4.69) is 4.90 Å². The van der Waals surface area contributed by atoms with E-state index in [0.29, 0.717) is 38.8 Å². The number of carboxylic acid groups (broad SMARTS) is 1. The molecule has 1 heterocycles. The van der Waals surface area contributed by atoms with Gasteiger partial charge in [0.2, 0.25) is 0 Å². The van der Waals surface area contributed by atoms with E-state index in [4.69, 9.17) is 0 Å². The lowest BCUT2D eigenvalue weighted by Gasteiger charge is -2.41. The van der Waals surface area contributed by atoms with Crippen LogP contribution >= 0.6 is 0 Å². The number of carbonyl (C=O) groups is 1. The molecule has 1 N–H and O–H groups in total. The number of piperidine rings is 1. The molecule has 1 aliphatic heterocycles. The second-order valence-electron chi connectivity index (χ2n) is 6.23. The van der Waals surface area contributed by atoms with Gasteiger partial charge in [-0.15, -0.1) is 0 Å². The van der Waals surface area contributed by atoms with E-state index in [0.717, 1.165) is 6.42 Å². The van der Waals surface area contributed by atoms with Crippen molar-refractivity contribution in [2.45, 2.75) is 71.0 Å². The van der Waals surface area contributed by atoms with E-state index >= 15 is 0 Å². The van der Waals surface area contributed by atoms with Crippen LogP contribution in [0.5, 0.6) is 0 Å². The highest BCUT2D eigenvalue weighted by atomic mass is 19.4. The minimum atomic E-state index is -4.08. The van der Waals surface area contributed by atoms with Crippen LogP contribution in [0.25, 0.3) is 0 Å². The van der Waals surface area contributed by atoms with Gasteiger partial charge in [-0.1, -0.05) is 13.3 Å². The van der Waals surface area contributed by atoms with E-state index in [1.165, 1.54) is 0 Å². The lowest BCUT2D eigenvalue weighted by atomic mass is 9.74. The second-order valence-corrected chi connectivity index (χ2v) is 6.23. The molecule has 1 unspecified atom stereocenters. The van der Waals surface area contributed by atoms with Crippen LogP contribution in [0.15, 0.2) is 0 Å². The van der Waals surface area contributed by atoms with Crippen LogP contribution in [-0.4, -0.2) is 41.3 Å². The lowest BCUT2D eigenvalue weighted by Crippen LogP contribution is -2.47. The molecular formula is C15H26F3NO2. The monoisotopic (exact) mass is 309 g/mol. The number of rotatable bonds is 7. The fourth-order valence-corrected chi connectivity index (χ4v) is 3.22. The normalized spacial score (nSPS) is 21.2. The van der Waals surface area contributed by atoms with Gasteiger partial charge in [-0.2, -0.15) is 13.2 Å². The molecule has 0 radical (unpaired) electrons. The molecule has 1 rings (SSSR count). The van der Waals surface area contributed by atoms with Crippen molar-refractivity contribution in [1.82, 2.24) is 4.90 Å². The topological polar surface area (TPSA) is 40.5 Å². The van der Waals surface area contributed by atoms with Gasteiger partial charge < -0.3 is 10.0 Å². The Kier molecular flexibility index (Phi) is 6.50. The van der Waals surface area contributed by atoms with Crippen LogP contribution in [0.4, 0.5) is 13.2 Å². The van der Waals surface area contributed by atoms with Crippen LogP contribution in [0.2, 0.25) is 0 Å². The average Bonchev–Trinajstić information content (AvgIpc) is 2.38. The van der Waals surface area contributed by atoms with E-state index in [1.807, 2.05) is 13.8 Å². The summed E-state index contributed by atoms with van der Waals surface area (Å²) in [6.07, 6.45) is -1.46. The van der Waals surface area contributed by atoms with Gasteiger partial charge in [0.25, 0.3) is 0 Å². The molecule has 1 aliphatic rings. The summed E-state index contributed by atoms with van der Waals surface area (Å²) in [5, 5.41) is 9.43. The van der Waals surface area contributed by atoms with Crippen molar-refractivity contribution in [1.29, 1.82) is 0 Å². The summed E-state index contributed by atoms with van der Waals surface area (Å²) in [7, 11) is 0.